The van der Waals surface area contributed by atoms with Gasteiger partial charge in [-0.1, -0.05) is 6.07 Å². The molecule has 2 saturated heterocycles. The summed E-state index contributed by atoms with van der Waals surface area (Å²) >= 11 is 0. The molecule has 2 aromatic heterocycles. The highest BCUT2D eigenvalue weighted by Crippen LogP contribution is 2.34. The van der Waals surface area contributed by atoms with Gasteiger partial charge in [-0.3, -0.25) is 4.79 Å². The van der Waals surface area contributed by atoms with E-state index in [-0.39, 0.29) is 11.3 Å². The number of hydrogen-bond acceptors (Lipinski definition) is 6. The Bertz CT molecular complexity index is 1150. The predicted octanol–water partition coefficient (Wildman–Crippen LogP) is 2.93. The summed E-state index contributed by atoms with van der Waals surface area (Å²) in [6, 6.07) is 14.4. The first kappa shape index (κ1) is 19.8. The second-order valence-corrected chi connectivity index (χ2v) is 8.75. The molecule has 4 heterocycles. The van der Waals surface area contributed by atoms with Crippen LogP contribution in [-0.2, 0) is 7.05 Å². The molecular formula is C24H27N5O2. The largest absolute Gasteiger partial charge is 0.507 e. The first-order valence-electron chi connectivity index (χ1n) is 10.8. The number of anilines is 1. The van der Waals surface area contributed by atoms with Crippen LogP contribution in [0.25, 0.3) is 22.4 Å². The van der Waals surface area contributed by atoms with E-state index in [0.717, 1.165) is 29.8 Å². The number of nitrogens with one attached hydrogen (secondary N) is 1. The average Bonchev–Trinajstić information content (AvgIpc) is 3.12. The van der Waals surface area contributed by atoms with Crippen LogP contribution in [-0.4, -0.2) is 45.0 Å². The Morgan fingerprint density at radius 3 is 2.42 bits per heavy atom. The second kappa shape index (κ2) is 7.81. The van der Waals surface area contributed by atoms with Crippen molar-refractivity contribution < 1.29 is 5.11 Å². The molecule has 0 radical (unpaired) electrons. The van der Waals surface area contributed by atoms with Gasteiger partial charge in [-0.2, -0.15) is 0 Å². The lowest BCUT2D eigenvalue weighted by atomic mass is 9.98. The third-order valence-electron chi connectivity index (χ3n) is 6.70. The van der Waals surface area contributed by atoms with Gasteiger partial charge in [0.15, 0.2) is 5.82 Å². The summed E-state index contributed by atoms with van der Waals surface area (Å²) in [4.78, 5) is 13.9. The molecule has 0 amide bonds. The summed E-state index contributed by atoms with van der Waals surface area (Å²) in [5.74, 6) is 0.994. The Hall–Kier alpha value is -3.19. The third-order valence-corrected chi connectivity index (χ3v) is 6.70. The number of phenolic OH excluding ortho intramolecular Hbond substituents is 1. The summed E-state index contributed by atoms with van der Waals surface area (Å²) in [7, 11) is 3.81. The molecule has 3 aromatic rings. The molecule has 7 nitrogen and oxygen atoms in total. The fraction of sp³-hybridized carbons (Fsp3) is 0.375. The predicted molar refractivity (Wildman–Crippen MR) is 121 cm³/mol. The standard InChI is InChI=1S/C24H27N5O2/c1-28-14-16(4-10-24(28)31)15-3-7-20(22(30)11-15)21-8-9-23(27-26-21)29(2)19-12-17-5-6-18(13-19)25-17/h3-4,7-11,14,17-19,25,30H,5-6,12-13H2,1-2H3/t17-,18+,19-. The molecule has 2 bridgehead atoms. The molecule has 2 N–H and O–H groups in total. The minimum atomic E-state index is -0.0675. The SMILES string of the molecule is CN(c1ccc(-c2ccc(-c3ccc(=O)n(C)c3)cc2O)nn1)[C@@H]1C[C@H]2CC[C@@H](C1)N2. The van der Waals surface area contributed by atoms with Crippen molar-refractivity contribution in [2.75, 3.05) is 11.9 Å². The summed E-state index contributed by atoms with van der Waals surface area (Å²) in [5.41, 5.74) is 2.90. The average molecular weight is 418 g/mol. The van der Waals surface area contributed by atoms with Gasteiger partial charge in [0.05, 0.1) is 5.69 Å². The summed E-state index contributed by atoms with van der Waals surface area (Å²) in [6.07, 6.45) is 6.59. The van der Waals surface area contributed by atoms with Gasteiger partial charge in [0.1, 0.15) is 5.75 Å². The normalized spacial score (nSPS) is 22.5. The van der Waals surface area contributed by atoms with Gasteiger partial charge >= 0.3 is 0 Å². The van der Waals surface area contributed by atoms with Crippen molar-refractivity contribution in [1.82, 2.24) is 20.1 Å². The quantitative estimate of drug-likeness (QED) is 0.679. The molecule has 0 spiro atoms. The minimum Gasteiger partial charge on any atom is -0.507 e. The van der Waals surface area contributed by atoms with Gasteiger partial charge in [-0.15, -0.1) is 10.2 Å². The maximum Gasteiger partial charge on any atom is 0.250 e. The van der Waals surface area contributed by atoms with E-state index in [0.29, 0.717) is 29.4 Å². The van der Waals surface area contributed by atoms with Crippen molar-refractivity contribution in [1.29, 1.82) is 0 Å². The number of nitrogens with zero attached hydrogens (tertiary/aromatic N) is 4. The summed E-state index contributed by atoms with van der Waals surface area (Å²) in [5, 5.41) is 23.1. The van der Waals surface area contributed by atoms with Crippen molar-refractivity contribution in [2.45, 2.75) is 43.8 Å². The van der Waals surface area contributed by atoms with Crippen LogP contribution < -0.4 is 15.8 Å². The number of piperidine rings is 1. The highest BCUT2D eigenvalue weighted by molar-refractivity contribution is 5.74. The van der Waals surface area contributed by atoms with Crippen molar-refractivity contribution in [3.05, 3.63) is 59.0 Å². The van der Waals surface area contributed by atoms with Crippen LogP contribution in [0, 0.1) is 0 Å². The first-order chi connectivity index (χ1) is 15.0. The van der Waals surface area contributed by atoms with Gasteiger partial charge in [-0.25, -0.2) is 0 Å². The molecule has 1 aromatic carbocycles. The number of pyridine rings is 1. The second-order valence-electron chi connectivity index (χ2n) is 8.75. The van der Waals surface area contributed by atoms with Gasteiger partial charge in [0.25, 0.3) is 0 Å². The molecule has 160 valence electrons. The number of aryl methyl sites for hydroxylation is 1. The van der Waals surface area contributed by atoms with Crippen LogP contribution >= 0.6 is 0 Å². The zero-order valence-electron chi connectivity index (χ0n) is 17.8. The lowest BCUT2D eigenvalue weighted by Gasteiger charge is -2.36. The van der Waals surface area contributed by atoms with Crippen LogP contribution in [0.4, 0.5) is 5.82 Å². The monoisotopic (exact) mass is 417 g/mol. The highest BCUT2D eigenvalue weighted by atomic mass is 16.3. The van der Waals surface area contributed by atoms with Gasteiger partial charge in [0, 0.05) is 50.0 Å². The fourth-order valence-electron chi connectivity index (χ4n) is 4.88. The van der Waals surface area contributed by atoms with Gasteiger partial charge in [-0.05, 0) is 67.1 Å². The maximum absolute atomic E-state index is 11.6. The number of aromatic hydroxyl groups is 1. The zero-order valence-corrected chi connectivity index (χ0v) is 17.8. The van der Waals surface area contributed by atoms with Crippen LogP contribution in [0.5, 0.6) is 5.75 Å². The van der Waals surface area contributed by atoms with E-state index in [1.54, 1.807) is 25.4 Å². The van der Waals surface area contributed by atoms with E-state index in [1.165, 1.54) is 23.5 Å². The van der Waals surface area contributed by atoms with Gasteiger partial charge < -0.3 is 19.9 Å². The topological polar surface area (TPSA) is 83.3 Å². The van der Waals surface area contributed by atoms with E-state index in [9.17, 15) is 9.90 Å². The first-order valence-corrected chi connectivity index (χ1v) is 10.8. The Labute approximate surface area is 181 Å². The van der Waals surface area contributed by atoms with Crippen molar-refractivity contribution in [2.24, 2.45) is 7.05 Å². The minimum absolute atomic E-state index is 0.0675. The Kier molecular flexibility index (Phi) is 4.98. The number of rotatable bonds is 4. The molecule has 0 saturated carbocycles. The number of hydrogen-bond donors (Lipinski definition) is 2. The van der Waals surface area contributed by atoms with Crippen molar-refractivity contribution in [3.63, 3.8) is 0 Å². The highest BCUT2D eigenvalue weighted by Gasteiger charge is 2.35. The number of benzene rings is 1. The smallest absolute Gasteiger partial charge is 0.250 e. The van der Waals surface area contributed by atoms with E-state index in [4.69, 9.17) is 0 Å². The molecule has 3 atom stereocenters. The van der Waals surface area contributed by atoms with Crippen LogP contribution in [0.15, 0.2) is 53.5 Å². The molecule has 2 aliphatic heterocycles. The summed E-state index contributed by atoms with van der Waals surface area (Å²) < 4.78 is 1.52. The fourth-order valence-corrected chi connectivity index (χ4v) is 4.88. The molecule has 0 aliphatic carbocycles. The Morgan fingerprint density at radius 1 is 1.03 bits per heavy atom. The molecule has 2 aliphatic rings. The van der Waals surface area contributed by atoms with E-state index in [2.05, 4.69) is 27.5 Å². The van der Waals surface area contributed by atoms with Crippen LogP contribution in [0.1, 0.15) is 25.7 Å². The molecule has 31 heavy (non-hydrogen) atoms. The van der Waals surface area contributed by atoms with Crippen molar-refractivity contribution in [3.8, 4) is 28.1 Å². The number of aromatic nitrogens is 3. The van der Waals surface area contributed by atoms with Crippen LogP contribution in [0.2, 0.25) is 0 Å². The molecular weight excluding hydrogens is 390 g/mol. The van der Waals surface area contributed by atoms with E-state index >= 15 is 0 Å². The maximum atomic E-state index is 11.6. The van der Waals surface area contributed by atoms with Gasteiger partial charge in [0.2, 0.25) is 5.56 Å². The number of fused-ring (bicyclic) bond motifs is 2. The summed E-state index contributed by atoms with van der Waals surface area (Å²) in [6.45, 7) is 0. The van der Waals surface area contributed by atoms with Crippen LogP contribution in [0.3, 0.4) is 0 Å². The zero-order chi connectivity index (χ0) is 21.5. The molecule has 2 fully saturated rings. The number of phenols is 1. The molecule has 5 rings (SSSR count). The van der Waals surface area contributed by atoms with Crippen molar-refractivity contribution >= 4 is 5.82 Å². The molecule has 7 heteroatoms. The lowest BCUT2D eigenvalue weighted by molar-refractivity contribution is 0.353. The third kappa shape index (κ3) is 3.81. The molecule has 0 unspecified atom stereocenters. The Morgan fingerprint density at radius 2 is 1.77 bits per heavy atom. The van der Waals surface area contributed by atoms with E-state index < -0.39 is 0 Å². The van der Waals surface area contributed by atoms with E-state index in [1.807, 2.05) is 24.3 Å². The lowest BCUT2D eigenvalue weighted by Crippen LogP contribution is -2.47. The Balaban J connectivity index is 1.35.